The molecule has 0 radical (unpaired) electrons. The van der Waals surface area contributed by atoms with Crippen molar-refractivity contribution < 1.29 is 18.3 Å². The lowest BCUT2D eigenvalue weighted by atomic mass is 9.86. The zero-order valence-corrected chi connectivity index (χ0v) is 19.4. The fourth-order valence-corrected chi connectivity index (χ4v) is 5.44. The lowest BCUT2D eigenvalue weighted by Crippen LogP contribution is -2.32. The summed E-state index contributed by atoms with van der Waals surface area (Å²) in [6, 6.07) is 15.0. The van der Waals surface area contributed by atoms with Gasteiger partial charge in [-0.25, -0.2) is 22.9 Å². The van der Waals surface area contributed by atoms with Gasteiger partial charge < -0.3 is 9.67 Å². The van der Waals surface area contributed by atoms with Crippen molar-refractivity contribution in [3.05, 3.63) is 54.6 Å². The van der Waals surface area contributed by atoms with Gasteiger partial charge in [0.15, 0.2) is 5.16 Å². The summed E-state index contributed by atoms with van der Waals surface area (Å²) < 4.78 is 29.0. The van der Waals surface area contributed by atoms with Crippen LogP contribution in [-0.4, -0.2) is 41.3 Å². The lowest BCUT2D eigenvalue weighted by Gasteiger charge is -2.29. The number of nitrogens with zero attached hydrogens (tertiary/aromatic N) is 2. The van der Waals surface area contributed by atoms with Crippen molar-refractivity contribution >= 4 is 38.8 Å². The van der Waals surface area contributed by atoms with Gasteiger partial charge in [0.25, 0.3) is 0 Å². The van der Waals surface area contributed by atoms with Gasteiger partial charge in [-0.3, -0.25) is 0 Å². The van der Waals surface area contributed by atoms with Gasteiger partial charge in [0.2, 0.25) is 10.0 Å². The Kier molecular flexibility index (Phi) is 7.08. The van der Waals surface area contributed by atoms with Gasteiger partial charge in [0.05, 0.1) is 15.9 Å². The summed E-state index contributed by atoms with van der Waals surface area (Å²) in [5.74, 6) is -0.315. The number of para-hydroxylation sites is 2. The number of carboxylic acid groups (broad SMARTS) is 1. The Labute approximate surface area is 186 Å². The van der Waals surface area contributed by atoms with E-state index in [0.29, 0.717) is 17.3 Å². The van der Waals surface area contributed by atoms with Crippen LogP contribution in [-0.2, 0) is 14.8 Å². The van der Waals surface area contributed by atoms with E-state index in [9.17, 15) is 18.3 Å². The maximum atomic E-state index is 12.3. The average Bonchev–Trinajstić information content (AvgIpc) is 3.05. The molecular formula is C22H27N3O4S2. The highest BCUT2D eigenvalue weighted by atomic mass is 32.2. The molecule has 31 heavy (non-hydrogen) atoms. The monoisotopic (exact) mass is 461 g/mol. The third-order valence-corrected chi connectivity index (χ3v) is 7.29. The summed E-state index contributed by atoms with van der Waals surface area (Å²) in [4.78, 5) is 17.0. The van der Waals surface area contributed by atoms with Crippen LogP contribution < -0.4 is 4.72 Å². The number of sulfonamides is 1. The van der Waals surface area contributed by atoms with Gasteiger partial charge in [-0.05, 0) is 36.1 Å². The number of carboxylic acids is 1. The molecule has 1 heterocycles. The first kappa shape index (κ1) is 23.3. The topological polar surface area (TPSA) is 101 Å². The van der Waals surface area contributed by atoms with Crippen LogP contribution in [0.2, 0.25) is 0 Å². The minimum absolute atomic E-state index is 0.235. The fraction of sp³-hybridized carbons (Fsp3) is 0.364. The van der Waals surface area contributed by atoms with Crippen LogP contribution in [0.4, 0.5) is 0 Å². The molecule has 1 unspecified atom stereocenters. The number of nitrogens with one attached hydrogen (secondary N) is 1. The molecule has 0 aliphatic rings. The molecule has 9 heteroatoms. The van der Waals surface area contributed by atoms with E-state index in [4.69, 9.17) is 0 Å². The second-order valence-electron chi connectivity index (χ2n) is 8.27. The van der Waals surface area contributed by atoms with Gasteiger partial charge in [0.1, 0.15) is 6.04 Å². The predicted molar refractivity (Wildman–Crippen MR) is 123 cm³/mol. The highest BCUT2D eigenvalue weighted by molar-refractivity contribution is 7.99. The number of rotatable bonds is 9. The molecule has 2 aromatic carbocycles. The van der Waals surface area contributed by atoms with E-state index >= 15 is 0 Å². The maximum Gasteiger partial charge on any atom is 0.327 e. The number of thioether (sulfide) groups is 1. The molecule has 0 spiro atoms. The SMILES string of the molecule is CC(C)(C)C(C(=O)O)n1c(SCCCNS(=O)(=O)c2ccccc2)nc2ccccc21. The Hall–Kier alpha value is -2.36. The van der Waals surface area contributed by atoms with Crippen molar-refractivity contribution in [3.63, 3.8) is 0 Å². The van der Waals surface area contributed by atoms with Crippen LogP contribution in [0.3, 0.4) is 0 Å². The molecule has 0 aliphatic carbocycles. The van der Waals surface area contributed by atoms with Crippen molar-refractivity contribution in [2.24, 2.45) is 5.41 Å². The maximum absolute atomic E-state index is 12.3. The second-order valence-corrected chi connectivity index (χ2v) is 11.1. The summed E-state index contributed by atoms with van der Waals surface area (Å²) in [7, 11) is -3.54. The predicted octanol–water partition coefficient (Wildman–Crippen LogP) is 4.17. The van der Waals surface area contributed by atoms with Gasteiger partial charge in [0, 0.05) is 12.3 Å². The molecule has 0 amide bonds. The molecule has 7 nitrogen and oxygen atoms in total. The number of hydrogen-bond donors (Lipinski definition) is 2. The molecule has 0 saturated carbocycles. The van der Waals surface area contributed by atoms with Gasteiger partial charge >= 0.3 is 5.97 Å². The van der Waals surface area contributed by atoms with E-state index in [1.165, 1.54) is 11.8 Å². The number of carbonyl (C=O) groups is 1. The largest absolute Gasteiger partial charge is 0.480 e. The van der Waals surface area contributed by atoms with Gasteiger partial charge in [-0.15, -0.1) is 0 Å². The minimum Gasteiger partial charge on any atom is -0.480 e. The smallest absolute Gasteiger partial charge is 0.327 e. The molecule has 1 atom stereocenters. The molecule has 0 bridgehead atoms. The first-order valence-corrected chi connectivity index (χ1v) is 12.5. The van der Waals surface area contributed by atoms with Crippen LogP contribution in [0.15, 0.2) is 64.6 Å². The molecule has 3 rings (SSSR count). The van der Waals surface area contributed by atoms with Crippen LogP contribution >= 0.6 is 11.8 Å². The van der Waals surface area contributed by atoms with Crippen LogP contribution in [0.5, 0.6) is 0 Å². The number of aliphatic carboxylic acids is 1. The van der Waals surface area contributed by atoms with E-state index in [2.05, 4.69) is 9.71 Å². The van der Waals surface area contributed by atoms with E-state index in [1.807, 2.05) is 45.0 Å². The number of imidazole rings is 1. The number of hydrogen-bond acceptors (Lipinski definition) is 5. The summed E-state index contributed by atoms with van der Waals surface area (Å²) in [5, 5.41) is 10.6. The molecule has 3 aromatic rings. The Bertz CT molecular complexity index is 1150. The van der Waals surface area contributed by atoms with Crippen molar-refractivity contribution in [2.75, 3.05) is 12.3 Å². The molecule has 2 N–H and O–H groups in total. The molecule has 0 fully saturated rings. The first-order chi connectivity index (χ1) is 14.6. The Morgan fingerprint density at radius 1 is 1.13 bits per heavy atom. The van der Waals surface area contributed by atoms with E-state index in [1.54, 1.807) is 34.9 Å². The van der Waals surface area contributed by atoms with Crippen LogP contribution in [0.25, 0.3) is 11.0 Å². The van der Waals surface area contributed by atoms with Crippen LogP contribution in [0, 0.1) is 5.41 Å². The minimum atomic E-state index is -3.54. The summed E-state index contributed by atoms with van der Waals surface area (Å²) in [6.07, 6.45) is 0.577. The Morgan fingerprint density at radius 2 is 1.77 bits per heavy atom. The first-order valence-electron chi connectivity index (χ1n) is 9.98. The van der Waals surface area contributed by atoms with Gasteiger partial charge in [-0.1, -0.05) is 62.9 Å². The van der Waals surface area contributed by atoms with E-state index in [0.717, 1.165) is 11.0 Å². The highest BCUT2D eigenvalue weighted by Gasteiger charge is 2.35. The number of benzene rings is 2. The molecule has 1 aromatic heterocycles. The zero-order chi connectivity index (χ0) is 22.6. The van der Waals surface area contributed by atoms with Crippen molar-refractivity contribution in [2.45, 2.75) is 43.3 Å². The summed E-state index contributed by atoms with van der Waals surface area (Å²) in [6.45, 7) is 5.97. The quantitative estimate of drug-likeness (QED) is 0.366. The van der Waals surface area contributed by atoms with E-state index < -0.39 is 27.4 Å². The summed E-state index contributed by atoms with van der Waals surface area (Å²) >= 11 is 1.43. The van der Waals surface area contributed by atoms with Crippen molar-refractivity contribution in [1.29, 1.82) is 0 Å². The molecule has 166 valence electrons. The summed E-state index contributed by atoms with van der Waals surface area (Å²) in [5.41, 5.74) is 0.998. The van der Waals surface area contributed by atoms with Crippen LogP contribution in [0.1, 0.15) is 33.2 Å². The molecule has 0 aliphatic heterocycles. The second kappa shape index (κ2) is 9.42. The van der Waals surface area contributed by atoms with Gasteiger partial charge in [-0.2, -0.15) is 0 Å². The lowest BCUT2D eigenvalue weighted by molar-refractivity contribution is -0.144. The zero-order valence-electron chi connectivity index (χ0n) is 17.8. The van der Waals surface area contributed by atoms with Crippen molar-refractivity contribution in [3.8, 4) is 0 Å². The number of aromatic nitrogens is 2. The Balaban J connectivity index is 1.73. The third-order valence-electron chi connectivity index (χ3n) is 4.77. The fourth-order valence-electron chi connectivity index (χ4n) is 3.37. The molecule has 0 saturated heterocycles. The average molecular weight is 462 g/mol. The Morgan fingerprint density at radius 3 is 2.42 bits per heavy atom. The normalized spacial score (nSPS) is 13.4. The number of fused-ring (bicyclic) bond motifs is 1. The standard InChI is InChI=1S/C22H27N3O4S2/c1-22(2,3)19(20(26)27)25-18-13-8-7-12-17(18)24-21(25)30-15-9-14-23-31(28,29)16-10-5-4-6-11-16/h4-8,10-13,19,23H,9,14-15H2,1-3H3,(H,26,27). The van der Waals surface area contributed by atoms with E-state index in [-0.39, 0.29) is 11.4 Å². The third kappa shape index (κ3) is 5.47. The van der Waals surface area contributed by atoms with Crippen molar-refractivity contribution in [1.82, 2.24) is 14.3 Å². The highest BCUT2D eigenvalue weighted by Crippen LogP contribution is 2.37. The molecular weight excluding hydrogens is 434 g/mol.